The molecule has 0 aliphatic carbocycles. The Balaban J connectivity index is 1.43. The van der Waals surface area contributed by atoms with Crippen LogP contribution in [0.3, 0.4) is 0 Å². The summed E-state index contributed by atoms with van der Waals surface area (Å²) < 4.78 is 0. The summed E-state index contributed by atoms with van der Waals surface area (Å²) in [6, 6.07) is 18.5. The van der Waals surface area contributed by atoms with Gasteiger partial charge in [-0.2, -0.15) is 0 Å². The summed E-state index contributed by atoms with van der Waals surface area (Å²) >= 11 is 0. The summed E-state index contributed by atoms with van der Waals surface area (Å²) in [6.45, 7) is 2.09. The van der Waals surface area contributed by atoms with E-state index in [2.05, 4.69) is 40.3 Å². The fourth-order valence-corrected chi connectivity index (χ4v) is 3.41. The van der Waals surface area contributed by atoms with Crippen molar-refractivity contribution < 1.29 is 4.79 Å². The molecule has 0 fully saturated rings. The van der Waals surface area contributed by atoms with Crippen molar-refractivity contribution in [2.24, 2.45) is 0 Å². The molecule has 1 aromatic heterocycles. The summed E-state index contributed by atoms with van der Waals surface area (Å²) in [5.41, 5.74) is 4.27. The van der Waals surface area contributed by atoms with Gasteiger partial charge >= 0.3 is 0 Å². The van der Waals surface area contributed by atoms with E-state index in [0.717, 1.165) is 19.5 Å². The van der Waals surface area contributed by atoms with Crippen LogP contribution in [-0.2, 0) is 19.5 Å². The maximum atomic E-state index is 12.8. The van der Waals surface area contributed by atoms with Gasteiger partial charge in [0.1, 0.15) is 0 Å². The second-order valence-corrected chi connectivity index (χ2v) is 6.86. The number of rotatable bonds is 4. The first-order valence-corrected chi connectivity index (χ1v) is 9.14. The molecule has 0 atom stereocenters. The Labute approximate surface area is 159 Å². The molecule has 2 aromatic carbocycles. The molecule has 0 spiro atoms. The van der Waals surface area contributed by atoms with Gasteiger partial charge in [0.05, 0.1) is 5.56 Å². The highest BCUT2D eigenvalue weighted by Gasteiger charge is 2.22. The molecule has 27 heavy (non-hydrogen) atoms. The fourth-order valence-electron chi connectivity index (χ4n) is 3.41. The number of nitrogens with zero attached hydrogens (tertiary/aromatic N) is 4. The van der Waals surface area contributed by atoms with Gasteiger partial charge in [-0.05, 0) is 23.1 Å². The fraction of sp³-hybridized carbons (Fsp3) is 0.227. The lowest BCUT2D eigenvalue weighted by molar-refractivity contribution is 0.0734. The van der Waals surface area contributed by atoms with Crippen LogP contribution in [0.1, 0.15) is 27.0 Å². The van der Waals surface area contributed by atoms with Crippen LogP contribution < -0.4 is 4.90 Å². The summed E-state index contributed by atoms with van der Waals surface area (Å²) in [7, 11) is 1.95. The van der Waals surface area contributed by atoms with Crippen LogP contribution in [0.5, 0.6) is 0 Å². The molecular weight excluding hydrogens is 336 g/mol. The van der Waals surface area contributed by atoms with Crippen molar-refractivity contribution in [1.29, 1.82) is 0 Å². The molecule has 5 nitrogen and oxygen atoms in total. The van der Waals surface area contributed by atoms with Crippen molar-refractivity contribution in [3.63, 3.8) is 0 Å². The zero-order chi connectivity index (χ0) is 18.6. The van der Waals surface area contributed by atoms with Crippen LogP contribution in [0.15, 0.2) is 67.0 Å². The van der Waals surface area contributed by atoms with Crippen LogP contribution in [-0.4, -0.2) is 34.4 Å². The Bertz CT molecular complexity index is 925. The lowest BCUT2D eigenvalue weighted by Gasteiger charge is -2.28. The first-order chi connectivity index (χ1) is 13.2. The average Bonchev–Trinajstić information content (AvgIpc) is 2.73. The first kappa shape index (κ1) is 17.2. The maximum absolute atomic E-state index is 12.8. The lowest BCUT2D eigenvalue weighted by atomic mass is 9.99. The zero-order valence-electron chi connectivity index (χ0n) is 15.4. The predicted molar refractivity (Wildman–Crippen MR) is 105 cm³/mol. The van der Waals surface area contributed by atoms with Crippen molar-refractivity contribution in [2.45, 2.75) is 19.5 Å². The monoisotopic (exact) mass is 358 g/mol. The summed E-state index contributed by atoms with van der Waals surface area (Å²) in [5, 5.41) is 0. The number of anilines is 1. The molecule has 0 unspecified atom stereocenters. The average molecular weight is 358 g/mol. The lowest BCUT2D eigenvalue weighted by Crippen LogP contribution is -2.36. The second kappa shape index (κ2) is 7.58. The molecule has 1 amide bonds. The normalized spacial score (nSPS) is 13.1. The number of hydrogen-bond acceptors (Lipinski definition) is 4. The minimum Gasteiger partial charge on any atom is -0.340 e. The van der Waals surface area contributed by atoms with Crippen molar-refractivity contribution in [3.05, 3.63) is 89.2 Å². The molecular formula is C22H22N4O. The largest absolute Gasteiger partial charge is 0.340 e. The van der Waals surface area contributed by atoms with E-state index >= 15 is 0 Å². The second-order valence-electron chi connectivity index (χ2n) is 6.86. The third kappa shape index (κ3) is 3.82. The van der Waals surface area contributed by atoms with Crippen molar-refractivity contribution in [1.82, 2.24) is 14.9 Å². The van der Waals surface area contributed by atoms with Gasteiger partial charge in [-0.15, -0.1) is 0 Å². The number of carbonyl (C=O) groups is 1. The van der Waals surface area contributed by atoms with E-state index in [1.54, 1.807) is 12.4 Å². The van der Waals surface area contributed by atoms with E-state index in [4.69, 9.17) is 0 Å². The zero-order valence-corrected chi connectivity index (χ0v) is 15.4. The van der Waals surface area contributed by atoms with E-state index in [0.29, 0.717) is 18.1 Å². The van der Waals surface area contributed by atoms with E-state index in [1.165, 1.54) is 16.7 Å². The molecule has 0 saturated carbocycles. The summed E-state index contributed by atoms with van der Waals surface area (Å²) in [6.07, 6.45) is 4.15. The van der Waals surface area contributed by atoms with Gasteiger partial charge in [0.25, 0.3) is 5.91 Å². The molecule has 136 valence electrons. The molecule has 0 N–H and O–H groups in total. The third-order valence-corrected chi connectivity index (χ3v) is 4.91. The topological polar surface area (TPSA) is 49.3 Å². The molecule has 1 aliphatic heterocycles. The Morgan fingerprint density at radius 1 is 1.00 bits per heavy atom. The molecule has 0 radical (unpaired) electrons. The summed E-state index contributed by atoms with van der Waals surface area (Å²) in [4.78, 5) is 25.5. The highest BCUT2D eigenvalue weighted by Crippen LogP contribution is 2.20. The number of benzene rings is 2. The molecule has 4 rings (SSSR count). The van der Waals surface area contributed by atoms with Gasteiger partial charge < -0.3 is 9.80 Å². The standard InChI is InChI=1S/C22H22N4O/c1-25(15-17-7-3-2-4-8-17)22-23-13-20(14-24-22)21(27)26-12-11-18-9-5-6-10-19(18)16-26/h2-10,13-14H,11-12,15-16H2,1H3. The Morgan fingerprint density at radius 3 is 2.41 bits per heavy atom. The Hall–Kier alpha value is -3.21. The highest BCUT2D eigenvalue weighted by atomic mass is 16.2. The smallest absolute Gasteiger partial charge is 0.257 e. The van der Waals surface area contributed by atoms with Crippen LogP contribution in [0.25, 0.3) is 0 Å². The molecule has 0 bridgehead atoms. The number of fused-ring (bicyclic) bond motifs is 1. The number of hydrogen-bond donors (Lipinski definition) is 0. The van der Waals surface area contributed by atoms with Gasteiger partial charge in [-0.1, -0.05) is 54.6 Å². The third-order valence-electron chi connectivity index (χ3n) is 4.91. The molecule has 0 saturated heterocycles. The number of aromatic nitrogens is 2. The van der Waals surface area contributed by atoms with E-state index in [1.807, 2.05) is 41.1 Å². The molecule has 5 heteroatoms. The van der Waals surface area contributed by atoms with Gasteiger partial charge in [-0.25, -0.2) is 9.97 Å². The van der Waals surface area contributed by atoms with E-state index in [9.17, 15) is 4.79 Å². The van der Waals surface area contributed by atoms with Crippen LogP contribution in [0, 0.1) is 0 Å². The van der Waals surface area contributed by atoms with Crippen LogP contribution >= 0.6 is 0 Å². The van der Waals surface area contributed by atoms with Crippen molar-refractivity contribution >= 4 is 11.9 Å². The molecule has 2 heterocycles. The SMILES string of the molecule is CN(Cc1ccccc1)c1ncc(C(=O)N2CCc3ccccc3C2)cn1. The van der Waals surface area contributed by atoms with Crippen molar-refractivity contribution in [3.8, 4) is 0 Å². The minimum absolute atomic E-state index is 0.0123. The summed E-state index contributed by atoms with van der Waals surface area (Å²) in [5.74, 6) is 0.598. The predicted octanol–water partition coefficient (Wildman–Crippen LogP) is 3.31. The van der Waals surface area contributed by atoms with Crippen LogP contribution in [0.4, 0.5) is 5.95 Å². The quantitative estimate of drug-likeness (QED) is 0.718. The van der Waals surface area contributed by atoms with E-state index < -0.39 is 0 Å². The maximum Gasteiger partial charge on any atom is 0.257 e. The highest BCUT2D eigenvalue weighted by molar-refractivity contribution is 5.93. The van der Waals surface area contributed by atoms with Crippen LogP contribution in [0.2, 0.25) is 0 Å². The van der Waals surface area contributed by atoms with E-state index in [-0.39, 0.29) is 5.91 Å². The Kier molecular flexibility index (Phi) is 4.83. The van der Waals surface area contributed by atoms with Gasteiger partial charge in [0, 0.05) is 39.1 Å². The number of carbonyl (C=O) groups excluding carboxylic acids is 1. The molecule has 3 aromatic rings. The van der Waals surface area contributed by atoms with Gasteiger partial charge in [-0.3, -0.25) is 4.79 Å². The van der Waals surface area contributed by atoms with Gasteiger partial charge in [0.2, 0.25) is 5.95 Å². The molecule has 1 aliphatic rings. The number of amides is 1. The Morgan fingerprint density at radius 2 is 1.67 bits per heavy atom. The van der Waals surface area contributed by atoms with Crippen molar-refractivity contribution in [2.75, 3.05) is 18.5 Å². The minimum atomic E-state index is -0.0123. The van der Waals surface area contributed by atoms with Gasteiger partial charge in [0.15, 0.2) is 0 Å². The first-order valence-electron chi connectivity index (χ1n) is 9.14.